The summed E-state index contributed by atoms with van der Waals surface area (Å²) in [5.41, 5.74) is 5.28. The van der Waals surface area contributed by atoms with E-state index in [4.69, 9.17) is 5.73 Å². The number of hydrogen-bond acceptors (Lipinski definition) is 2. The molecule has 0 bridgehead atoms. The van der Waals surface area contributed by atoms with Gasteiger partial charge in [0.1, 0.15) is 0 Å². The molecule has 0 spiro atoms. The third-order valence-corrected chi connectivity index (χ3v) is 1.49. The number of rotatable bonds is 4. The van der Waals surface area contributed by atoms with E-state index in [-0.39, 0.29) is 12.5 Å². The van der Waals surface area contributed by atoms with Crippen LogP contribution in [-0.2, 0) is 0 Å². The number of aliphatic imine (C=N–C) groups is 1. The van der Waals surface area contributed by atoms with Crippen molar-refractivity contribution in [3.63, 3.8) is 0 Å². The second kappa shape index (κ2) is 5.69. The van der Waals surface area contributed by atoms with Gasteiger partial charge < -0.3 is 11.1 Å². The zero-order valence-corrected chi connectivity index (χ0v) is 8.23. The Hall–Kier alpha value is -0.980. The van der Waals surface area contributed by atoms with E-state index in [1.54, 1.807) is 0 Å². The quantitative estimate of drug-likeness (QED) is 0.510. The highest BCUT2D eigenvalue weighted by molar-refractivity contribution is 5.77. The topological polar surface area (TPSA) is 53.6 Å². The van der Waals surface area contributed by atoms with Gasteiger partial charge in [-0.1, -0.05) is 0 Å². The predicted molar refractivity (Wildman–Crippen MR) is 49.1 cm³/mol. The number of nitrogens with one attached hydrogen (secondary N) is 1. The van der Waals surface area contributed by atoms with Gasteiger partial charge >= 0.3 is 6.18 Å². The van der Waals surface area contributed by atoms with Crippen molar-refractivity contribution in [3.8, 4) is 0 Å². The number of guanidine groups is 1. The normalized spacial score (nSPS) is 13.4. The van der Waals surface area contributed by atoms with Crippen molar-refractivity contribution in [3.05, 3.63) is 0 Å². The third kappa shape index (κ3) is 7.66. The first-order chi connectivity index (χ1) is 6.35. The summed E-state index contributed by atoms with van der Waals surface area (Å²) in [5, 5.41) is 2.67. The molecule has 0 aliphatic carbocycles. The fourth-order valence-corrected chi connectivity index (χ4v) is 0.839. The van der Waals surface area contributed by atoms with Crippen molar-refractivity contribution in [1.29, 1.82) is 0 Å². The standard InChI is InChI=1S/C7H15F3N4/c1-12-6(11)13-3-4-14(2)5-7(8,9)10/h3-5H2,1-2H3,(H3,11,12,13). The van der Waals surface area contributed by atoms with Crippen LogP contribution in [0.3, 0.4) is 0 Å². The summed E-state index contributed by atoms with van der Waals surface area (Å²) in [5.74, 6) is 0.227. The molecule has 7 heteroatoms. The molecule has 0 amide bonds. The smallest absolute Gasteiger partial charge is 0.370 e. The highest BCUT2D eigenvalue weighted by Crippen LogP contribution is 2.14. The van der Waals surface area contributed by atoms with Gasteiger partial charge in [0.2, 0.25) is 0 Å². The second-order valence-electron chi connectivity index (χ2n) is 2.89. The van der Waals surface area contributed by atoms with Crippen LogP contribution in [0.25, 0.3) is 0 Å². The largest absolute Gasteiger partial charge is 0.401 e. The fraction of sp³-hybridized carbons (Fsp3) is 0.857. The summed E-state index contributed by atoms with van der Waals surface area (Å²) in [4.78, 5) is 4.77. The van der Waals surface area contributed by atoms with Crippen molar-refractivity contribution >= 4 is 5.96 Å². The van der Waals surface area contributed by atoms with Crippen LogP contribution in [0.15, 0.2) is 4.99 Å². The molecule has 14 heavy (non-hydrogen) atoms. The van der Waals surface area contributed by atoms with Gasteiger partial charge in [0.15, 0.2) is 5.96 Å². The number of nitrogens with zero attached hydrogens (tertiary/aromatic N) is 2. The summed E-state index contributed by atoms with van der Waals surface area (Å²) in [6, 6.07) is 0. The Bertz CT molecular complexity index is 190. The molecule has 0 radical (unpaired) electrons. The Morgan fingerprint density at radius 2 is 2.07 bits per heavy atom. The minimum absolute atomic E-state index is 0.227. The van der Waals surface area contributed by atoms with Gasteiger partial charge in [0, 0.05) is 20.1 Å². The number of alkyl halides is 3. The lowest BCUT2D eigenvalue weighted by Gasteiger charge is -2.18. The number of likely N-dealkylation sites (N-methyl/N-ethyl adjacent to an activating group) is 1. The highest BCUT2D eigenvalue weighted by atomic mass is 19.4. The SMILES string of the molecule is CN=C(N)NCCN(C)CC(F)(F)F. The molecule has 0 atom stereocenters. The van der Waals surface area contributed by atoms with Crippen LogP contribution >= 0.6 is 0 Å². The molecule has 0 saturated carbocycles. The lowest BCUT2D eigenvalue weighted by atomic mass is 10.5. The third-order valence-electron chi connectivity index (χ3n) is 1.49. The molecule has 0 aromatic rings. The first kappa shape index (κ1) is 13.0. The maximum absolute atomic E-state index is 11.8. The van der Waals surface area contributed by atoms with E-state index >= 15 is 0 Å². The molecule has 0 aliphatic heterocycles. The molecular formula is C7H15F3N4. The van der Waals surface area contributed by atoms with Crippen molar-refractivity contribution in [2.45, 2.75) is 6.18 Å². The average Bonchev–Trinajstić information content (AvgIpc) is 2.00. The number of hydrogen-bond donors (Lipinski definition) is 2. The Morgan fingerprint density at radius 3 is 2.50 bits per heavy atom. The van der Waals surface area contributed by atoms with E-state index in [2.05, 4.69) is 10.3 Å². The van der Waals surface area contributed by atoms with E-state index in [1.165, 1.54) is 14.1 Å². The molecule has 3 N–H and O–H groups in total. The summed E-state index contributed by atoms with van der Waals surface area (Å²) in [7, 11) is 2.90. The van der Waals surface area contributed by atoms with Crippen LogP contribution in [0, 0.1) is 0 Å². The van der Waals surface area contributed by atoms with Gasteiger partial charge in [-0.25, -0.2) is 0 Å². The molecule has 0 aromatic heterocycles. The summed E-state index contributed by atoms with van der Waals surface area (Å²) < 4.78 is 35.5. The van der Waals surface area contributed by atoms with Crippen molar-refractivity contribution in [2.24, 2.45) is 10.7 Å². The molecular weight excluding hydrogens is 197 g/mol. The zero-order valence-electron chi connectivity index (χ0n) is 8.23. The maximum Gasteiger partial charge on any atom is 0.401 e. The van der Waals surface area contributed by atoms with E-state index in [0.717, 1.165) is 4.90 Å². The molecule has 84 valence electrons. The lowest BCUT2D eigenvalue weighted by molar-refractivity contribution is -0.142. The van der Waals surface area contributed by atoms with Crippen LogP contribution in [-0.4, -0.2) is 50.8 Å². The van der Waals surface area contributed by atoms with E-state index in [9.17, 15) is 13.2 Å². The molecule has 0 heterocycles. The summed E-state index contributed by atoms with van der Waals surface area (Å²) in [6.45, 7) is -0.316. The second-order valence-corrected chi connectivity index (χ2v) is 2.89. The molecule has 4 nitrogen and oxygen atoms in total. The van der Waals surface area contributed by atoms with Crippen LogP contribution in [0.2, 0.25) is 0 Å². The van der Waals surface area contributed by atoms with E-state index in [0.29, 0.717) is 6.54 Å². The molecule has 0 unspecified atom stereocenters. The van der Waals surface area contributed by atoms with E-state index < -0.39 is 12.7 Å². The first-order valence-electron chi connectivity index (χ1n) is 4.06. The Morgan fingerprint density at radius 1 is 1.50 bits per heavy atom. The average molecular weight is 212 g/mol. The monoisotopic (exact) mass is 212 g/mol. The van der Waals surface area contributed by atoms with Crippen molar-refractivity contribution < 1.29 is 13.2 Å². The molecule has 0 fully saturated rings. The fourth-order valence-electron chi connectivity index (χ4n) is 0.839. The van der Waals surface area contributed by atoms with Crippen LogP contribution in [0.5, 0.6) is 0 Å². The van der Waals surface area contributed by atoms with Gasteiger partial charge in [-0.3, -0.25) is 9.89 Å². The molecule has 0 saturated heterocycles. The molecule has 0 aromatic carbocycles. The Labute approximate surface area is 81.0 Å². The van der Waals surface area contributed by atoms with Crippen LogP contribution in [0.1, 0.15) is 0 Å². The zero-order chi connectivity index (χ0) is 11.2. The summed E-state index contributed by atoms with van der Waals surface area (Å²) in [6.07, 6.45) is -4.15. The first-order valence-corrected chi connectivity index (χ1v) is 4.06. The van der Waals surface area contributed by atoms with Crippen LogP contribution < -0.4 is 11.1 Å². The molecule has 0 aliphatic rings. The van der Waals surface area contributed by atoms with E-state index in [1.807, 2.05) is 0 Å². The number of halogens is 3. The lowest BCUT2D eigenvalue weighted by Crippen LogP contribution is -2.40. The van der Waals surface area contributed by atoms with Gasteiger partial charge in [-0.2, -0.15) is 13.2 Å². The van der Waals surface area contributed by atoms with Gasteiger partial charge in [-0.05, 0) is 7.05 Å². The van der Waals surface area contributed by atoms with Gasteiger partial charge in [0.25, 0.3) is 0 Å². The molecule has 0 rings (SSSR count). The van der Waals surface area contributed by atoms with Crippen LogP contribution in [0.4, 0.5) is 13.2 Å². The summed E-state index contributed by atoms with van der Waals surface area (Å²) >= 11 is 0. The Balaban J connectivity index is 3.60. The van der Waals surface area contributed by atoms with Gasteiger partial charge in [-0.15, -0.1) is 0 Å². The van der Waals surface area contributed by atoms with Crippen molar-refractivity contribution in [1.82, 2.24) is 10.2 Å². The maximum atomic E-state index is 11.8. The minimum atomic E-state index is -4.15. The van der Waals surface area contributed by atoms with Gasteiger partial charge in [0.05, 0.1) is 6.54 Å². The Kier molecular flexibility index (Phi) is 5.29. The van der Waals surface area contributed by atoms with Crippen molar-refractivity contribution in [2.75, 3.05) is 33.7 Å². The minimum Gasteiger partial charge on any atom is -0.370 e. The predicted octanol–water partition coefficient (Wildman–Crippen LogP) is 0.0146. The number of nitrogens with two attached hydrogens (primary N) is 1. The highest BCUT2D eigenvalue weighted by Gasteiger charge is 2.28.